The zero-order chi connectivity index (χ0) is 13.1. The van der Waals surface area contributed by atoms with Crippen molar-refractivity contribution in [1.29, 1.82) is 0 Å². The van der Waals surface area contributed by atoms with E-state index in [0.29, 0.717) is 18.1 Å². The topological polar surface area (TPSA) is 75.2 Å². The van der Waals surface area contributed by atoms with Gasteiger partial charge in [-0.1, -0.05) is 11.6 Å². The van der Waals surface area contributed by atoms with Crippen molar-refractivity contribution in [3.8, 4) is 17.0 Å². The smallest absolute Gasteiger partial charge is 0.353 e. The van der Waals surface area contributed by atoms with Crippen molar-refractivity contribution in [3.05, 3.63) is 35.5 Å². The lowest BCUT2D eigenvalue weighted by Crippen LogP contribution is -1.95. The van der Waals surface area contributed by atoms with Gasteiger partial charge in [-0.15, -0.1) is 0 Å². The molecule has 1 heterocycles. The minimum Gasteiger partial charge on any atom is -0.493 e. The molecule has 2 N–H and O–H groups in total. The molecule has 0 radical (unpaired) electrons. The lowest BCUT2D eigenvalue weighted by atomic mass is 10.1. The molecule has 5 nitrogen and oxygen atoms in total. The molecule has 0 fully saturated rings. The van der Waals surface area contributed by atoms with Gasteiger partial charge < -0.3 is 9.84 Å². The van der Waals surface area contributed by atoms with Gasteiger partial charge in [-0.3, -0.25) is 5.10 Å². The molecule has 18 heavy (non-hydrogen) atoms. The summed E-state index contributed by atoms with van der Waals surface area (Å²) in [5.74, 6) is -0.328. The number of aromatic amines is 1. The molecule has 2 aromatic rings. The molecule has 1 aromatic carbocycles. The molecule has 1 aromatic heterocycles. The fourth-order valence-electron chi connectivity index (χ4n) is 1.69. The maximum atomic E-state index is 10.8. The number of carboxylic acids is 1. The van der Waals surface area contributed by atoms with Crippen LogP contribution in [0.3, 0.4) is 0 Å². The molecule has 0 unspecified atom stereocenters. The zero-order valence-corrected chi connectivity index (χ0v) is 10.2. The number of nitrogens with zero attached hydrogens (tertiary/aromatic N) is 1. The SMILES string of the molecule is CCOc1ccc(C)cc1-c1cc(C(=O)O)[nH]n1. The van der Waals surface area contributed by atoms with Gasteiger partial charge in [0.15, 0.2) is 0 Å². The largest absolute Gasteiger partial charge is 0.493 e. The molecule has 0 aliphatic carbocycles. The van der Waals surface area contributed by atoms with E-state index >= 15 is 0 Å². The summed E-state index contributed by atoms with van der Waals surface area (Å²) in [6, 6.07) is 7.23. The predicted molar refractivity (Wildman–Crippen MR) is 66.9 cm³/mol. The molecule has 0 amide bonds. The van der Waals surface area contributed by atoms with Crippen molar-refractivity contribution in [2.45, 2.75) is 13.8 Å². The second kappa shape index (κ2) is 4.91. The molecule has 2 rings (SSSR count). The third-order valence-corrected chi connectivity index (χ3v) is 2.52. The normalized spacial score (nSPS) is 10.3. The Labute approximate surface area is 104 Å². The zero-order valence-electron chi connectivity index (χ0n) is 10.2. The first-order chi connectivity index (χ1) is 8.61. The Morgan fingerprint density at radius 2 is 2.22 bits per heavy atom. The van der Waals surface area contributed by atoms with Crippen LogP contribution in [0, 0.1) is 6.92 Å². The Hall–Kier alpha value is -2.30. The third-order valence-electron chi connectivity index (χ3n) is 2.52. The first kappa shape index (κ1) is 12.2. The van der Waals surface area contributed by atoms with Crippen molar-refractivity contribution in [1.82, 2.24) is 10.2 Å². The molecule has 0 atom stereocenters. The van der Waals surface area contributed by atoms with Gasteiger partial charge in [0.05, 0.1) is 12.3 Å². The molecule has 0 aliphatic heterocycles. The molecular formula is C13H14N2O3. The van der Waals surface area contributed by atoms with E-state index in [1.165, 1.54) is 6.07 Å². The van der Waals surface area contributed by atoms with Gasteiger partial charge in [0.2, 0.25) is 0 Å². The Bertz CT molecular complexity index is 575. The van der Waals surface area contributed by atoms with Crippen molar-refractivity contribution in [3.63, 3.8) is 0 Å². The molecular weight excluding hydrogens is 232 g/mol. The van der Waals surface area contributed by atoms with Crippen LogP contribution in [0.2, 0.25) is 0 Å². The van der Waals surface area contributed by atoms with E-state index in [2.05, 4.69) is 10.2 Å². The van der Waals surface area contributed by atoms with E-state index in [4.69, 9.17) is 9.84 Å². The van der Waals surface area contributed by atoms with E-state index < -0.39 is 5.97 Å². The fraction of sp³-hybridized carbons (Fsp3) is 0.231. The minimum atomic E-state index is -1.03. The van der Waals surface area contributed by atoms with Crippen LogP contribution < -0.4 is 4.74 Å². The van der Waals surface area contributed by atoms with E-state index in [1.54, 1.807) is 0 Å². The summed E-state index contributed by atoms with van der Waals surface area (Å²) in [5.41, 5.74) is 2.49. The summed E-state index contributed by atoms with van der Waals surface area (Å²) < 4.78 is 5.51. The molecule has 0 saturated heterocycles. The number of aromatic carboxylic acids is 1. The number of carboxylic acid groups (broad SMARTS) is 1. The highest BCUT2D eigenvalue weighted by molar-refractivity contribution is 5.87. The number of hydrogen-bond donors (Lipinski definition) is 2. The summed E-state index contributed by atoms with van der Waals surface area (Å²) in [6.45, 7) is 4.41. The number of carbonyl (C=O) groups is 1. The number of nitrogens with one attached hydrogen (secondary N) is 1. The van der Waals surface area contributed by atoms with Crippen LogP contribution in [0.1, 0.15) is 23.0 Å². The molecule has 5 heteroatoms. The first-order valence-electron chi connectivity index (χ1n) is 5.64. The highest BCUT2D eigenvalue weighted by Gasteiger charge is 2.13. The quantitative estimate of drug-likeness (QED) is 0.869. The van der Waals surface area contributed by atoms with Gasteiger partial charge in [0.1, 0.15) is 11.4 Å². The second-order valence-electron chi connectivity index (χ2n) is 3.90. The number of H-pyrrole nitrogens is 1. The number of aromatic nitrogens is 2. The number of benzene rings is 1. The highest BCUT2D eigenvalue weighted by Crippen LogP contribution is 2.30. The standard InChI is InChI=1S/C13H14N2O3/c1-3-18-12-5-4-8(2)6-9(12)10-7-11(13(16)17)15-14-10/h4-7H,3H2,1-2H3,(H,14,15)(H,16,17). The second-order valence-corrected chi connectivity index (χ2v) is 3.90. The van der Waals surface area contributed by atoms with Crippen LogP contribution in [-0.2, 0) is 0 Å². The summed E-state index contributed by atoms with van der Waals surface area (Å²) in [5, 5.41) is 15.4. The molecule has 0 bridgehead atoms. The average molecular weight is 246 g/mol. The van der Waals surface area contributed by atoms with Crippen LogP contribution in [0.5, 0.6) is 5.75 Å². The summed E-state index contributed by atoms with van der Waals surface area (Å²) in [7, 11) is 0. The van der Waals surface area contributed by atoms with Gasteiger partial charge in [0, 0.05) is 5.56 Å². The summed E-state index contributed by atoms with van der Waals surface area (Å²) >= 11 is 0. The van der Waals surface area contributed by atoms with E-state index in [-0.39, 0.29) is 5.69 Å². The van der Waals surface area contributed by atoms with Crippen molar-refractivity contribution in [2.75, 3.05) is 6.61 Å². The van der Waals surface area contributed by atoms with Crippen molar-refractivity contribution >= 4 is 5.97 Å². The molecule has 0 saturated carbocycles. The van der Waals surface area contributed by atoms with Gasteiger partial charge in [-0.05, 0) is 32.0 Å². The minimum absolute atomic E-state index is 0.0638. The molecule has 0 spiro atoms. The number of rotatable bonds is 4. The van der Waals surface area contributed by atoms with Gasteiger partial charge >= 0.3 is 5.97 Å². The van der Waals surface area contributed by atoms with E-state index in [0.717, 1.165) is 11.1 Å². The van der Waals surface area contributed by atoms with Crippen LogP contribution in [0.15, 0.2) is 24.3 Å². The summed E-state index contributed by atoms with van der Waals surface area (Å²) in [6.07, 6.45) is 0. The Morgan fingerprint density at radius 1 is 1.44 bits per heavy atom. The van der Waals surface area contributed by atoms with Crippen molar-refractivity contribution < 1.29 is 14.6 Å². The predicted octanol–water partition coefficient (Wildman–Crippen LogP) is 2.48. The lowest BCUT2D eigenvalue weighted by Gasteiger charge is -2.08. The molecule has 94 valence electrons. The number of ether oxygens (including phenoxy) is 1. The third kappa shape index (κ3) is 2.34. The monoisotopic (exact) mass is 246 g/mol. The Balaban J connectivity index is 2.47. The maximum Gasteiger partial charge on any atom is 0.353 e. The number of hydrogen-bond acceptors (Lipinski definition) is 3. The fourth-order valence-corrected chi connectivity index (χ4v) is 1.69. The van der Waals surface area contributed by atoms with Crippen LogP contribution >= 0.6 is 0 Å². The van der Waals surface area contributed by atoms with Gasteiger partial charge in [-0.2, -0.15) is 5.10 Å². The molecule has 0 aliphatic rings. The average Bonchev–Trinajstić information content (AvgIpc) is 2.81. The highest BCUT2D eigenvalue weighted by atomic mass is 16.5. The van der Waals surface area contributed by atoms with Gasteiger partial charge in [-0.25, -0.2) is 4.79 Å². The summed E-state index contributed by atoms with van der Waals surface area (Å²) in [4.78, 5) is 10.8. The van der Waals surface area contributed by atoms with E-state index in [1.807, 2.05) is 32.0 Å². The number of aryl methyl sites for hydroxylation is 1. The van der Waals surface area contributed by atoms with Crippen LogP contribution in [0.25, 0.3) is 11.3 Å². The van der Waals surface area contributed by atoms with Crippen molar-refractivity contribution in [2.24, 2.45) is 0 Å². The Kier molecular flexibility index (Phi) is 3.32. The van der Waals surface area contributed by atoms with Crippen LogP contribution in [-0.4, -0.2) is 27.9 Å². The van der Waals surface area contributed by atoms with E-state index in [9.17, 15) is 4.79 Å². The van der Waals surface area contributed by atoms with Gasteiger partial charge in [0.25, 0.3) is 0 Å². The maximum absolute atomic E-state index is 10.8. The Morgan fingerprint density at radius 3 is 2.83 bits per heavy atom. The lowest BCUT2D eigenvalue weighted by molar-refractivity contribution is 0.0690. The first-order valence-corrected chi connectivity index (χ1v) is 5.64. The van der Waals surface area contributed by atoms with Crippen LogP contribution in [0.4, 0.5) is 0 Å².